The maximum atomic E-state index is 13.2. The molecule has 0 heterocycles. The number of hydrogen-bond acceptors (Lipinski definition) is 3. The van der Waals surface area contributed by atoms with Crippen LogP contribution >= 0.6 is 0 Å². The van der Waals surface area contributed by atoms with Gasteiger partial charge in [0.2, 0.25) is 0 Å². The minimum Gasteiger partial charge on any atom is -0.494 e. The highest BCUT2D eigenvalue weighted by Gasteiger charge is 2.04. The minimum atomic E-state index is -0.479. The molecule has 4 heteroatoms. The van der Waals surface area contributed by atoms with Crippen LogP contribution in [-0.4, -0.2) is 19.7 Å². The number of allylic oxidation sites excluding steroid dienone is 2. The molecule has 0 radical (unpaired) electrons. The second-order valence-electron chi connectivity index (χ2n) is 4.29. The fourth-order valence-electron chi connectivity index (χ4n) is 1.65. The van der Waals surface area contributed by atoms with Gasteiger partial charge in [-0.2, -0.15) is 0 Å². The highest BCUT2D eigenvalue weighted by Crippen LogP contribution is 2.19. The fraction of sp³-hybridized carbons (Fsp3) is 0.312. The number of carbonyl (C=O) groups is 1. The fourth-order valence-corrected chi connectivity index (χ4v) is 1.65. The van der Waals surface area contributed by atoms with Gasteiger partial charge in [0.1, 0.15) is 11.6 Å². The maximum Gasteiger partial charge on any atom is 0.334 e. The molecule has 3 nitrogen and oxygen atoms in total. The zero-order valence-electron chi connectivity index (χ0n) is 12.2. The van der Waals surface area contributed by atoms with Crippen LogP contribution in [0.2, 0.25) is 0 Å². The van der Waals surface area contributed by atoms with Gasteiger partial charge in [-0.1, -0.05) is 6.07 Å². The van der Waals surface area contributed by atoms with E-state index in [1.54, 1.807) is 25.1 Å². The van der Waals surface area contributed by atoms with Crippen molar-refractivity contribution in [2.45, 2.75) is 20.8 Å². The van der Waals surface area contributed by atoms with Gasteiger partial charge in [-0.25, -0.2) is 9.18 Å². The predicted octanol–water partition coefficient (Wildman–Crippen LogP) is 3.63. The summed E-state index contributed by atoms with van der Waals surface area (Å²) in [5.74, 6) is -0.303. The van der Waals surface area contributed by atoms with Crippen LogP contribution in [0.5, 0.6) is 0 Å². The van der Waals surface area contributed by atoms with Crippen molar-refractivity contribution in [3.63, 3.8) is 0 Å². The first-order valence-electron chi connectivity index (χ1n) is 6.35. The van der Waals surface area contributed by atoms with E-state index in [1.807, 2.05) is 13.8 Å². The normalized spacial score (nSPS) is 12.2. The molecule has 0 atom stereocenters. The molecular weight excluding hydrogens is 259 g/mol. The molecule has 108 valence electrons. The van der Waals surface area contributed by atoms with Crippen LogP contribution in [0.25, 0.3) is 5.57 Å². The van der Waals surface area contributed by atoms with Crippen LogP contribution in [0.3, 0.4) is 0 Å². The molecule has 0 N–H and O–H groups in total. The molecule has 0 saturated carbocycles. The molecule has 0 bridgehead atoms. The molecule has 0 aromatic heterocycles. The van der Waals surface area contributed by atoms with Gasteiger partial charge in [0.05, 0.1) is 19.8 Å². The summed E-state index contributed by atoms with van der Waals surface area (Å²) >= 11 is 0. The van der Waals surface area contributed by atoms with Crippen LogP contribution in [-0.2, 0) is 14.3 Å². The van der Waals surface area contributed by atoms with Gasteiger partial charge in [-0.15, -0.1) is 0 Å². The SMILES string of the molecule is CCOC(=C\C(=O)OC)/C=C(\C)c1ccc(F)c(C)c1. The lowest BCUT2D eigenvalue weighted by molar-refractivity contribution is -0.135. The zero-order valence-corrected chi connectivity index (χ0v) is 12.2. The molecule has 20 heavy (non-hydrogen) atoms. The van der Waals surface area contributed by atoms with Crippen molar-refractivity contribution in [3.8, 4) is 0 Å². The summed E-state index contributed by atoms with van der Waals surface area (Å²) in [6, 6.07) is 4.87. The zero-order chi connectivity index (χ0) is 15.1. The van der Waals surface area contributed by atoms with Crippen LogP contribution in [0, 0.1) is 12.7 Å². The van der Waals surface area contributed by atoms with Gasteiger partial charge < -0.3 is 9.47 Å². The summed E-state index contributed by atoms with van der Waals surface area (Å²) in [5.41, 5.74) is 2.32. The quantitative estimate of drug-likeness (QED) is 0.357. The van der Waals surface area contributed by atoms with Crippen molar-refractivity contribution in [1.29, 1.82) is 0 Å². The standard InChI is InChI=1S/C16H19FO3/c1-5-20-14(10-16(18)19-4)9-11(2)13-6-7-15(17)12(3)8-13/h6-10H,5H2,1-4H3/b11-9+,14-10-. The molecular formula is C16H19FO3. The minimum absolute atomic E-state index is 0.239. The molecule has 1 aromatic carbocycles. The maximum absolute atomic E-state index is 13.2. The van der Waals surface area contributed by atoms with Crippen molar-refractivity contribution in [1.82, 2.24) is 0 Å². The summed E-state index contributed by atoms with van der Waals surface area (Å²) in [5, 5.41) is 0. The Hall–Kier alpha value is -2.10. The van der Waals surface area contributed by atoms with E-state index in [0.29, 0.717) is 17.9 Å². The Bertz CT molecular complexity index is 545. The Labute approximate surface area is 118 Å². The van der Waals surface area contributed by atoms with E-state index in [-0.39, 0.29) is 5.82 Å². The second-order valence-corrected chi connectivity index (χ2v) is 4.29. The molecule has 1 rings (SSSR count). The van der Waals surface area contributed by atoms with Crippen molar-refractivity contribution >= 4 is 11.5 Å². The summed E-state index contributed by atoms with van der Waals surface area (Å²) < 4.78 is 23.2. The molecule has 1 aromatic rings. The Morgan fingerprint density at radius 2 is 2.05 bits per heavy atom. The first-order chi connectivity index (χ1) is 9.47. The molecule has 0 saturated heterocycles. The summed E-state index contributed by atoms with van der Waals surface area (Å²) in [4.78, 5) is 11.3. The Balaban J connectivity index is 3.07. The van der Waals surface area contributed by atoms with Crippen molar-refractivity contribution in [2.75, 3.05) is 13.7 Å². The van der Waals surface area contributed by atoms with E-state index in [0.717, 1.165) is 11.1 Å². The van der Waals surface area contributed by atoms with Crippen LogP contribution in [0.15, 0.2) is 36.1 Å². The Kier molecular flexibility index (Phi) is 5.97. The molecule has 0 aliphatic carbocycles. The molecule has 0 spiro atoms. The monoisotopic (exact) mass is 278 g/mol. The summed E-state index contributed by atoms with van der Waals surface area (Å²) in [6.45, 7) is 5.85. The number of hydrogen-bond donors (Lipinski definition) is 0. The Morgan fingerprint density at radius 1 is 1.35 bits per heavy atom. The summed E-state index contributed by atoms with van der Waals surface area (Å²) in [7, 11) is 1.31. The highest BCUT2D eigenvalue weighted by molar-refractivity contribution is 5.83. The number of methoxy groups -OCH3 is 1. The van der Waals surface area contributed by atoms with E-state index < -0.39 is 5.97 Å². The average Bonchev–Trinajstić information content (AvgIpc) is 2.41. The first-order valence-corrected chi connectivity index (χ1v) is 6.35. The third-order valence-electron chi connectivity index (χ3n) is 2.74. The number of halogens is 1. The molecule has 0 aliphatic rings. The van der Waals surface area contributed by atoms with Gasteiger partial charge in [0, 0.05) is 0 Å². The third kappa shape index (κ3) is 4.53. The van der Waals surface area contributed by atoms with Gasteiger partial charge in [-0.05, 0) is 55.7 Å². The molecule has 0 unspecified atom stereocenters. The summed E-state index contributed by atoms with van der Waals surface area (Å²) in [6.07, 6.45) is 3.01. The van der Waals surface area contributed by atoms with Crippen molar-refractivity contribution in [3.05, 3.63) is 53.1 Å². The van der Waals surface area contributed by atoms with Crippen LogP contribution in [0.4, 0.5) is 4.39 Å². The van der Waals surface area contributed by atoms with E-state index in [1.165, 1.54) is 19.3 Å². The van der Waals surface area contributed by atoms with Gasteiger partial charge in [0.15, 0.2) is 0 Å². The lowest BCUT2D eigenvalue weighted by Gasteiger charge is -2.07. The topological polar surface area (TPSA) is 35.5 Å². The highest BCUT2D eigenvalue weighted by atomic mass is 19.1. The molecule has 0 aliphatic heterocycles. The number of carbonyl (C=O) groups excluding carboxylic acids is 1. The number of rotatable bonds is 5. The number of aryl methyl sites for hydroxylation is 1. The molecule has 0 amide bonds. The van der Waals surface area contributed by atoms with Gasteiger partial charge in [-0.3, -0.25) is 0 Å². The average molecular weight is 278 g/mol. The van der Waals surface area contributed by atoms with E-state index in [2.05, 4.69) is 4.74 Å². The van der Waals surface area contributed by atoms with E-state index in [9.17, 15) is 9.18 Å². The smallest absolute Gasteiger partial charge is 0.334 e. The number of benzene rings is 1. The lowest BCUT2D eigenvalue weighted by atomic mass is 10.0. The van der Waals surface area contributed by atoms with Crippen molar-refractivity contribution in [2.24, 2.45) is 0 Å². The predicted molar refractivity (Wildman–Crippen MR) is 76.5 cm³/mol. The Morgan fingerprint density at radius 3 is 2.60 bits per heavy atom. The van der Waals surface area contributed by atoms with Crippen molar-refractivity contribution < 1.29 is 18.7 Å². The van der Waals surface area contributed by atoms with Gasteiger partial charge in [0.25, 0.3) is 0 Å². The second kappa shape index (κ2) is 7.48. The first kappa shape index (κ1) is 16.0. The van der Waals surface area contributed by atoms with Gasteiger partial charge >= 0.3 is 5.97 Å². The van der Waals surface area contributed by atoms with E-state index >= 15 is 0 Å². The number of ether oxygens (including phenoxy) is 2. The van der Waals surface area contributed by atoms with E-state index in [4.69, 9.17) is 4.74 Å². The largest absolute Gasteiger partial charge is 0.494 e. The molecule has 0 fully saturated rings. The third-order valence-corrected chi connectivity index (χ3v) is 2.74. The van der Waals surface area contributed by atoms with Crippen LogP contribution < -0.4 is 0 Å². The lowest BCUT2D eigenvalue weighted by Crippen LogP contribution is -1.99. The number of esters is 1. The van der Waals surface area contributed by atoms with Crippen LogP contribution in [0.1, 0.15) is 25.0 Å².